The Morgan fingerprint density at radius 2 is 2.17 bits per heavy atom. The lowest BCUT2D eigenvalue weighted by atomic mass is 10.0. The Morgan fingerprint density at radius 3 is 3.00 bits per heavy atom. The average Bonchev–Trinajstić information content (AvgIpc) is 2.63. The molecule has 0 saturated carbocycles. The molecule has 3 rings (SSSR count). The molecule has 0 aliphatic carbocycles. The molecule has 1 aromatic carbocycles. The average molecular weight is 329 g/mol. The monoisotopic (exact) mass is 329 g/mol. The van der Waals surface area contributed by atoms with E-state index in [0.717, 1.165) is 18.8 Å². The molecule has 1 saturated heterocycles. The van der Waals surface area contributed by atoms with Gasteiger partial charge < -0.3 is 10.2 Å². The normalized spacial score (nSPS) is 17.8. The fourth-order valence-electron chi connectivity index (χ4n) is 3.24. The summed E-state index contributed by atoms with van der Waals surface area (Å²) in [6.07, 6.45) is 7.10. The van der Waals surface area contributed by atoms with Gasteiger partial charge in [-0.2, -0.15) is 10.1 Å². The smallest absolute Gasteiger partial charge is 0.244 e. The van der Waals surface area contributed by atoms with Crippen molar-refractivity contribution in [2.45, 2.75) is 45.1 Å². The van der Waals surface area contributed by atoms with Crippen molar-refractivity contribution >= 4 is 11.8 Å². The van der Waals surface area contributed by atoms with Gasteiger partial charge in [0.2, 0.25) is 5.95 Å². The van der Waals surface area contributed by atoms with Gasteiger partial charge in [0.25, 0.3) is 0 Å². The van der Waals surface area contributed by atoms with Crippen LogP contribution in [0, 0.1) is 5.82 Å². The van der Waals surface area contributed by atoms with Crippen LogP contribution in [0.3, 0.4) is 0 Å². The van der Waals surface area contributed by atoms with Crippen LogP contribution in [0.15, 0.2) is 30.5 Å². The highest BCUT2D eigenvalue weighted by molar-refractivity contribution is 5.42. The highest BCUT2D eigenvalue weighted by Crippen LogP contribution is 2.24. The van der Waals surface area contributed by atoms with E-state index in [9.17, 15) is 4.39 Å². The Bertz CT molecular complexity index is 663. The summed E-state index contributed by atoms with van der Waals surface area (Å²) < 4.78 is 13.6. The van der Waals surface area contributed by atoms with E-state index < -0.39 is 0 Å². The number of nitrogens with one attached hydrogen (secondary N) is 1. The molecule has 24 heavy (non-hydrogen) atoms. The van der Waals surface area contributed by atoms with Gasteiger partial charge in [-0.15, -0.1) is 5.10 Å². The first-order chi connectivity index (χ1) is 11.8. The van der Waals surface area contributed by atoms with Crippen molar-refractivity contribution < 1.29 is 4.39 Å². The SMILES string of the molecule is CCC1CCCCN1c1cnnc(NCCc2ccccc2F)n1. The van der Waals surface area contributed by atoms with Crippen LogP contribution in [0.2, 0.25) is 0 Å². The van der Waals surface area contributed by atoms with Crippen molar-refractivity contribution in [3.63, 3.8) is 0 Å². The Morgan fingerprint density at radius 1 is 1.29 bits per heavy atom. The van der Waals surface area contributed by atoms with Crippen LogP contribution in [0.1, 0.15) is 38.2 Å². The van der Waals surface area contributed by atoms with Crippen molar-refractivity contribution in [1.82, 2.24) is 15.2 Å². The summed E-state index contributed by atoms with van der Waals surface area (Å²) >= 11 is 0. The van der Waals surface area contributed by atoms with Crippen LogP contribution in [0.25, 0.3) is 0 Å². The van der Waals surface area contributed by atoms with Crippen LogP contribution in [0.5, 0.6) is 0 Å². The molecule has 1 N–H and O–H groups in total. The third kappa shape index (κ3) is 3.99. The zero-order valence-corrected chi connectivity index (χ0v) is 14.1. The topological polar surface area (TPSA) is 53.9 Å². The van der Waals surface area contributed by atoms with Crippen LogP contribution in [0.4, 0.5) is 16.2 Å². The summed E-state index contributed by atoms with van der Waals surface area (Å²) in [5.41, 5.74) is 0.691. The molecule has 1 atom stereocenters. The number of benzene rings is 1. The second kappa shape index (κ2) is 8.04. The highest BCUT2D eigenvalue weighted by atomic mass is 19.1. The Hall–Kier alpha value is -2.24. The Balaban J connectivity index is 1.62. The van der Waals surface area contributed by atoms with Crippen LogP contribution >= 0.6 is 0 Å². The van der Waals surface area contributed by atoms with E-state index in [1.165, 1.54) is 25.3 Å². The maximum absolute atomic E-state index is 13.6. The van der Waals surface area contributed by atoms with Crippen LogP contribution in [-0.4, -0.2) is 34.3 Å². The maximum atomic E-state index is 13.6. The lowest BCUT2D eigenvalue weighted by Gasteiger charge is -2.35. The molecule has 2 heterocycles. The fourth-order valence-corrected chi connectivity index (χ4v) is 3.24. The molecule has 0 amide bonds. The number of piperidine rings is 1. The van der Waals surface area contributed by atoms with Crippen molar-refractivity contribution in [3.05, 3.63) is 41.8 Å². The number of hydrogen-bond acceptors (Lipinski definition) is 5. The molecule has 2 aromatic rings. The van der Waals surface area contributed by atoms with Gasteiger partial charge >= 0.3 is 0 Å². The predicted octanol–water partition coefficient (Wildman–Crippen LogP) is 3.43. The first-order valence-corrected chi connectivity index (χ1v) is 8.71. The molecule has 0 spiro atoms. The molecule has 5 nitrogen and oxygen atoms in total. The van der Waals surface area contributed by atoms with E-state index in [0.29, 0.717) is 30.5 Å². The summed E-state index contributed by atoms with van der Waals surface area (Å²) in [4.78, 5) is 6.93. The van der Waals surface area contributed by atoms with Gasteiger partial charge in [-0.3, -0.25) is 0 Å². The van der Waals surface area contributed by atoms with Gasteiger partial charge in [0.15, 0.2) is 5.82 Å². The van der Waals surface area contributed by atoms with Crippen molar-refractivity contribution in [2.75, 3.05) is 23.3 Å². The Labute approximate surface area is 142 Å². The standard InChI is InChI=1S/C18H24FN5/c1-2-15-8-5-6-12-24(15)17-13-21-23-18(22-17)20-11-10-14-7-3-4-9-16(14)19/h3-4,7,9,13,15H,2,5-6,8,10-12H2,1H3,(H,20,22,23). The molecule has 1 aliphatic heterocycles. The molecule has 0 radical (unpaired) electrons. The highest BCUT2D eigenvalue weighted by Gasteiger charge is 2.22. The first-order valence-electron chi connectivity index (χ1n) is 8.71. The first kappa shape index (κ1) is 16.6. The largest absolute Gasteiger partial charge is 0.353 e. The predicted molar refractivity (Wildman–Crippen MR) is 93.7 cm³/mol. The lowest BCUT2D eigenvalue weighted by molar-refractivity contribution is 0.446. The number of hydrogen-bond donors (Lipinski definition) is 1. The van der Waals surface area contributed by atoms with Gasteiger partial charge in [0.05, 0.1) is 6.20 Å². The number of halogens is 1. The van der Waals surface area contributed by atoms with Crippen molar-refractivity contribution in [3.8, 4) is 0 Å². The Kier molecular flexibility index (Phi) is 5.56. The van der Waals surface area contributed by atoms with Gasteiger partial charge in [0.1, 0.15) is 5.82 Å². The summed E-state index contributed by atoms with van der Waals surface area (Å²) in [7, 11) is 0. The van der Waals surface area contributed by atoms with Crippen molar-refractivity contribution in [2.24, 2.45) is 0 Å². The second-order valence-corrected chi connectivity index (χ2v) is 6.16. The van der Waals surface area contributed by atoms with Gasteiger partial charge in [-0.1, -0.05) is 25.1 Å². The summed E-state index contributed by atoms with van der Waals surface area (Å²) in [6, 6.07) is 7.35. The summed E-state index contributed by atoms with van der Waals surface area (Å²) in [6.45, 7) is 3.81. The van der Waals surface area contributed by atoms with E-state index in [4.69, 9.17) is 0 Å². The van der Waals surface area contributed by atoms with E-state index in [-0.39, 0.29) is 5.82 Å². The zero-order valence-electron chi connectivity index (χ0n) is 14.1. The molecule has 1 fully saturated rings. The number of aromatic nitrogens is 3. The van der Waals surface area contributed by atoms with Gasteiger partial charge in [-0.25, -0.2) is 4.39 Å². The van der Waals surface area contributed by atoms with Crippen LogP contribution in [-0.2, 0) is 6.42 Å². The molecule has 128 valence electrons. The van der Waals surface area contributed by atoms with E-state index in [2.05, 4.69) is 32.3 Å². The fraction of sp³-hybridized carbons (Fsp3) is 0.500. The van der Waals surface area contributed by atoms with Gasteiger partial charge in [0, 0.05) is 19.1 Å². The van der Waals surface area contributed by atoms with E-state index >= 15 is 0 Å². The number of rotatable bonds is 6. The molecule has 1 aromatic heterocycles. The zero-order chi connectivity index (χ0) is 16.8. The quantitative estimate of drug-likeness (QED) is 0.880. The third-order valence-electron chi connectivity index (χ3n) is 4.57. The molecule has 0 bridgehead atoms. The van der Waals surface area contributed by atoms with E-state index in [1.54, 1.807) is 18.3 Å². The molecule has 6 heteroatoms. The minimum absolute atomic E-state index is 0.175. The summed E-state index contributed by atoms with van der Waals surface area (Å²) in [5.74, 6) is 1.21. The maximum Gasteiger partial charge on any atom is 0.244 e. The molecule has 1 aliphatic rings. The molecular formula is C18H24FN5. The molecule has 1 unspecified atom stereocenters. The van der Waals surface area contributed by atoms with E-state index in [1.807, 2.05) is 6.07 Å². The number of nitrogens with zero attached hydrogens (tertiary/aromatic N) is 4. The van der Waals surface area contributed by atoms with Crippen LogP contribution < -0.4 is 10.2 Å². The lowest BCUT2D eigenvalue weighted by Crippen LogP contribution is -2.39. The number of anilines is 2. The van der Waals surface area contributed by atoms with Crippen molar-refractivity contribution in [1.29, 1.82) is 0 Å². The second-order valence-electron chi connectivity index (χ2n) is 6.16. The minimum atomic E-state index is -0.175. The summed E-state index contributed by atoms with van der Waals surface area (Å²) in [5, 5.41) is 11.3. The molecular weight excluding hydrogens is 305 g/mol. The van der Waals surface area contributed by atoms with Gasteiger partial charge in [-0.05, 0) is 43.7 Å². The minimum Gasteiger partial charge on any atom is -0.353 e. The third-order valence-corrected chi connectivity index (χ3v) is 4.57.